The SMILES string of the molecule is CCCCN(CCCC)Cc1cc(N(C)C)c2c(c1O)C(=O)C1=C(O)[C@]3(O)C(=O)C(C(N)=O)=C(O)C[C@@H]3C[C@@H]1C2. The zero-order valence-corrected chi connectivity index (χ0v) is 23.8. The second-order valence-corrected chi connectivity index (χ2v) is 11.5. The van der Waals surface area contributed by atoms with Crippen LogP contribution in [0.4, 0.5) is 5.69 Å². The van der Waals surface area contributed by atoms with Gasteiger partial charge in [-0.2, -0.15) is 0 Å². The van der Waals surface area contributed by atoms with E-state index in [9.17, 15) is 34.8 Å². The van der Waals surface area contributed by atoms with Crippen LogP contribution in [-0.4, -0.2) is 75.6 Å². The number of carbonyl (C=O) groups is 3. The molecule has 3 aliphatic carbocycles. The fourth-order valence-electron chi connectivity index (χ4n) is 6.52. The van der Waals surface area contributed by atoms with E-state index < -0.39 is 52.0 Å². The van der Waals surface area contributed by atoms with Gasteiger partial charge in [0, 0.05) is 49.8 Å². The van der Waals surface area contributed by atoms with Crippen molar-refractivity contribution < 1.29 is 34.8 Å². The van der Waals surface area contributed by atoms with E-state index >= 15 is 0 Å². The molecular formula is C30H41N3O7. The number of unbranched alkanes of at least 4 members (excludes halogenated alkanes) is 2. The zero-order valence-electron chi connectivity index (χ0n) is 23.8. The third kappa shape index (κ3) is 4.77. The van der Waals surface area contributed by atoms with Gasteiger partial charge in [-0.15, -0.1) is 0 Å². The average Bonchev–Trinajstić information content (AvgIpc) is 2.88. The number of Topliss-reactive ketones (excluding diaryl/α,β-unsaturated/α-hetero) is 2. The summed E-state index contributed by atoms with van der Waals surface area (Å²) in [5, 5.41) is 44.6. The zero-order chi connectivity index (χ0) is 29.5. The number of hydrogen-bond acceptors (Lipinski definition) is 9. The number of aliphatic hydroxyl groups is 3. The van der Waals surface area contributed by atoms with Crippen LogP contribution in [0.2, 0.25) is 0 Å². The molecule has 0 saturated heterocycles. The van der Waals surface area contributed by atoms with Gasteiger partial charge in [-0.1, -0.05) is 26.7 Å². The van der Waals surface area contributed by atoms with Crippen LogP contribution in [0.1, 0.15) is 73.9 Å². The molecule has 0 radical (unpaired) electrons. The van der Waals surface area contributed by atoms with E-state index in [1.165, 1.54) is 0 Å². The van der Waals surface area contributed by atoms with Crippen LogP contribution in [0.5, 0.6) is 5.75 Å². The molecule has 3 aliphatic rings. The standard InChI is InChI=1S/C30H41N3O7/c1-5-7-9-33(10-8-6-2)15-17-13-20(32(3)4)19-12-16-11-18-14-21(34)24(29(31)39)28(38)30(18,40)27(37)22(16)26(36)23(19)25(17)35/h13,16,18,34-35,37,40H,5-12,14-15H2,1-4H3,(H2,31,39)/t16-,18+,30+/m1/s1. The van der Waals surface area contributed by atoms with Gasteiger partial charge in [0.1, 0.15) is 22.8 Å². The van der Waals surface area contributed by atoms with Gasteiger partial charge in [0.15, 0.2) is 11.4 Å². The number of aliphatic hydroxyl groups excluding tert-OH is 2. The summed E-state index contributed by atoms with van der Waals surface area (Å²) >= 11 is 0. The minimum absolute atomic E-state index is 0.0590. The molecule has 0 heterocycles. The summed E-state index contributed by atoms with van der Waals surface area (Å²) in [5.41, 5.74) is 3.87. The molecule has 1 aromatic rings. The lowest BCUT2D eigenvalue weighted by atomic mass is 9.60. The minimum atomic E-state index is -2.57. The summed E-state index contributed by atoms with van der Waals surface area (Å²) in [5.74, 6) is -6.13. The Bertz CT molecular complexity index is 1290. The molecule has 0 aliphatic heterocycles. The minimum Gasteiger partial charge on any atom is -0.511 e. The number of allylic oxidation sites excluding steroid dienone is 2. The van der Waals surface area contributed by atoms with E-state index in [2.05, 4.69) is 18.7 Å². The summed E-state index contributed by atoms with van der Waals surface area (Å²) in [6.07, 6.45) is 4.21. The second kappa shape index (κ2) is 11.2. The van der Waals surface area contributed by atoms with Crippen LogP contribution in [0.3, 0.4) is 0 Å². The van der Waals surface area contributed by atoms with Crippen molar-refractivity contribution in [3.8, 4) is 5.75 Å². The molecule has 0 saturated carbocycles. The Balaban J connectivity index is 1.83. The maximum Gasteiger partial charge on any atom is 0.255 e. The molecule has 218 valence electrons. The molecule has 1 aromatic carbocycles. The van der Waals surface area contributed by atoms with Crippen molar-refractivity contribution in [1.29, 1.82) is 0 Å². The van der Waals surface area contributed by atoms with Gasteiger partial charge in [-0.05, 0) is 56.3 Å². The quantitative estimate of drug-likeness (QED) is 0.273. The third-order valence-electron chi connectivity index (χ3n) is 8.65. The molecule has 3 atom stereocenters. The van der Waals surface area contributed by atoms with Gasteiger partial charge in [0.25, 0.3) is 5.91 Å². The van der Waals surface area contributed by atoms with Crippen molar-refractivity contribution in [1.82, 2.24) is 4.90 Å². The summed E-state index contributed by atoms with van der Waals surface area (Å²) in [4.78, 5) is 43.3. The number of hydrogen-bond donors (Lipinski definition) is 5. The Morgan fingerprint density at radius 2 is 1.70 bits per heavy atom. The van der Waals surface area contributed by atoms with E-state index in [1.807, 2.05) is 25.1 Å². The molecule has 0 aromatic heterocycles. The summed E-state index contributed by atoms with van der Waals surface area (Å²) < 4.78 is 0. The maximum absolute atomic E-state index is 14.1. The summed E-state index contributed by atoms with van der Waals surface area (Å²) in [6, 6.07) is 1.91. The lowest BCUT2D eigenvalue weighted by Gasteiger charge is -2.46. The Hall–Kier alpha value is -3.37. The maximum atomic E-state index is 14.1. The van der Waals surface area contributed by atoms with E-state index in [-0.39, 0.29) is 36.1 Å². The number of fused-ring (bicyclic) bond motifs is 3. The van der Waals surface area contributed by atoms with E-state index in [0.717, 1.165) is 44.5 Å². The van der Waals surface area contributed by atoms with E-state index in [1.54, 1.807) is 0 Å². The fraction of sp³-hybridized carbons (Fsp3) is 0.567. The van der Waals surface area contributed by atoms with Crippen molar-refractivity contribution >= 4 is 23.2 Å². The number of nitrogens with zero attached hydrogens (tertiary/aromatic N) is 2. The summed E-state index contributed by atoms with van der Waals surface area (Å²) in [6.45, 7) is 6.39. The highest BCUT2D eigenvalue weighted by Crippen LogP contribution is 2.52. The smallest absolute Gasteiger partial charge is 0.255 e. The predicted molar refractivity (Wildman–Crippen MR) is 150 cm³/mol. The number of anilines is 1. The third-order valence-corrected chi connectivity index (χ3v) is 8.65. The van der Waals surface area contributed by atoms with Crippen LogP contribution in [0, 0.1) is 11.8 Å². The first-order valence-electron chi connectivity index (χ1n) is 14.1. The molecule has 10 heteroatoms. The number of aromatic hydroxyl groups is 1. The van der Waals surface area contributed by atoms with Gasteiger partial charge >= 0.3 is 0 Å². The molecule has 0 bridgehead atoms. The first kappa shape index (κ1) is 29.6. The molecule has 0 spiro atoms. The number of phenols is 1. The molecule has 0 unspecified atom stereocenters. The van der Waals surface area contributed by atoms with Crippen molar-refractivity contribution in [2.24, 2.45) is 17.6 Å². The van der Waals surface area contributed by atoms with Crippen molar-refractivity contribution in [3.63, 3.8) is 0 Å². The van der Waals surface area contributed by atoms with Gasteiger partial charge < -0.3 is 31.1 Å². The molecule has 6 N–H and O–H groups in total. The Morgan fingerprint density at radius 3 is 2.25 bits per heavy atom. The number of rotatable bonds is 10. The highest BCUT2D eigenvalue weighted by molar-refractivity contribution is 6.24. The van der Waals surface area contributed by atoms with Crippen LogP contribution in [0.25, 0.3) is 0 Å². The highest BCUT2D eigenvalue weighted by atomic mass is 16.3. The molecule has 40 heavy (non-hydrogen) atoms. The van der Waals surface area contributed by atoms with Gasteiger partial charge in [0.05, 0.1) is 5.56 Å². The average molecular weight is 556 g/mol. The van der Waals surface area contributed by atoms with E-state index in [0.29, 0.717) is 17.7 Å². The fourth-order valence-corrected chi connectivity index (χ4v) is 6.52. The number of nitrogens with two attached hydrogens (primary N) is 1. The number of primary amides is 1. The van der Waals surface area contributed by atoms with Crippen LogP contribution in [0.15, 0.2) is 28.7 Å². The second-order valence-electron chi connectivity index (χ2n) is 11.5. The first-order chi connectivity index (χ1) is 18.9. The summed E-state index contributed by atoms with van der Waals surface area (Å²) in [7, 11) is 3.73. The molecule has 0 fully saturated rings. The lowest BCUT2D eigenvalue weighted by Crippen LogP contribution is -2.57. The molecule has 4 rings (SSSR count). The topological polar surface area (TPSA) is 165 Å². The number of benzene rings is 1. The molecule has 1 amide bonds. The van der Waals surface area contributed by atoms with Crippen molar-refractivity contribution in [3.05, 3.63) is 45.4 Å². The van der Waals surface area contributed by atoms with E-state index in [4.69, 9.17) is 5.73 Å². The molecular weight excluding hydrogens is 514 g/mol. The highest BCUT2D eigenvalue weighted by Gasteiger charge is 2.59. The molecule has 10 nitrogen and oxygen atoms in total. The number of ketones is 2. The largest absolute Gasteiger partial charge is 0.511 e. The van der Waals surface area contributed by atoms with Gasteiger partial charge in [-0.3, -0.25) is 19.3 Å². The van der Waals surface area contributed by atoms with Crippen LogP contribution in [-0.2, 0) is 22.6 Å². The normalized spacial score (nSPS) is 24.2. The van der Waals surface area contributed by atoms with Crippen molar-refractivity contribution in [2.75, 3.05) is 32.1 Å². The Labute approximate surface area is 234 Å². The first-order valence-corrected chi connectivity index (χ1v) is 14.1. The van der Waals surface area contributed by atoms with Gasteiger partial charge in [0.2, 0.25) is 5.78 Å². The number of carbonyl (C=O) groups excluding carboxylic acids is 3. The van der Waals surface area contributed by atoms with Crippen molar-refractivity contribution in [2.45, 2.75) is 70.9 Å². The monoisotopic (exact) mass is 555 g/mol. The Kier molecular flexibility index (Phi) is 8.33. The van der Waals surface area contributed by atoms with Crippen LogP contribution < -0.4 is 10.6 Å². The Morgan fingerprint density at radius 1 is 1.07 bits per heavy atom. The number of amides is 1. The predicted octanol–water partition coefficient (Wildman–Crippen LogP) is 3.05. The lowest BCUT2D eigenvalue weighted by molar-refractivity contribution is -0.144. The van der Waals surface area contributed by atoms with Crippen LogP contribution >= 0.6 is 0 Å². The number of phenolic OH excluding ortho intramolecular Hbond substituents is 1. The van der Waals surface area contributed by atoms with Gasteiger partial charge in [-0.25, -0.2) is 0 Å².